The molecule has 1 aliphatic rings. The molecule has 0 fully saturated rings. The van der Waals surface area contributed by atoms with Crippen LogP contribution < -0.4 is 0 Å². The molecule has 0 aliphatic carbocycles. The smallest absolute Gasteiger partial charge is 0.278 e. The highest BCUT2D eigenvalue weighted by Crippen LogP contribution is 2.38. The molecule has 1 aliphatic heterocycles. The van der Waals surface area contributed by atoms with Gasteiger partial charge in [0.2, 0.25) is 0 Å². The van der Waals surface area contributed by atoms with Crippen LogP contribution in [0.5, 0.6) is 0 Å². The minimum Gasteiger partial charge on any atom is -0.302 e. The zero-order valence-corrected chi connectivity index (χ0v) is 19.0. The lowest BCUT2D eigenvalue weighted by Gasteiger charge is -2.21. The Balaban J connectivity index is 1.73. The van der Waals surface area contributed by atoms with E-state index in [1.807, 2.05) is 25.1 Å². The van der Waals surface area contributed by atoms with Crippen LogP contribution in [0.15, 0.2) is 53.0 Å². The van der Waals surface area contributed by atoms with Crippen molar-refractivity contribution in [1.82, 2.24) is 13.9 Å². The van der Waals surface area contributed by atoms with Gasteiger partial charge < -0.3 is 4.90 Å². The first kappa shape index (κ1) is 19.8. The molecule has 0 amide bonds. The average molecular weight is 458 g/mol. The minimum absolute atomic E-state index is 0.337. The molecule has 4 heterocycles. The molecule has 0 atom stereocenters. The highest BCUT2D eigenvalue weighted by molar-refractivity contribution is 7.92. The Morgan fingerprint density at radius 3 is 2.83 bits per heavy atom. The van der Waals surface area contributed by atoms with Crippen LogP contribution >= 0.6 is 22.9 Å². The topological polar surface area (TPSA) is 55.2 Å². The van der Waals surface area contributed by atoms with Gasteiger partial charge in [-0.15, -0.1) is 11.3 Å². The third-order valence-electron chi connectivity index (χ3n) is 5.63. The Morgan fingerprint density at radius 1 is 1.23 bits per heavy atom. The quantitative estimate of drug-likeness (QED) is 0.426. The molecule has 0 bridgehead atoms. The number of aryl methyl sites for hydroxylation is 1. The van der Waals surface area contributed by atoms with E-state index in [9.17, 15) is 8.42 Å². The lowest BCUT2D eigenvalue weighted by molar-refractivity contribution is 0.370. The molecule has 4 aromatic rings. The maximum atomic E-state index is 13.8. The van der Waals surface area contributed by atoms with Gasteiger partial charge in [-0.1, -0.05) is 17.7 Å². The summed E-state index contributed by atoms with van der Waals surface area (Å²) in [5.74, 6) is 0. The van der Waals surface area contributed by atoms with Crippen LogP contribution in [0.1, 0.15) is 17.5 Å². The summed E-state index contributed by atoms with van der Waals surface area (Å²) in [6.45, 7) is 3.62. The molecule has 0 radical (unpaired) electrons. The number of nitrogens with zero attached hydrogens (tertiary/aromatic N) is 3. The maximum Gasteiger partial charge on any atom is 0.278 e. The molecule has 5 rings (SSSR count). The lowest BCUT2D eigenvalue weighted by atomic mass is 10.0. The number of rotatable bonds is 3. The number of hydrogen-bond acceptors (Lipinski definition) is 5. The van der Waals surface area contributed by atoms with Crippen molar-refractivity contribution < 1.29 is 8.42 Å². The second-order valence-corrected chi connectivity index (χ2v) is 11.1. The second-order valence-electron chi connectivity index (χ2n) is 7.61. The van der Waals surface area contributed by atoms with E-state index < -0.39 is 10.0 Å². The SMILES string of the molecule is Cc1c(S(=O)(=O)n2cc(C3=CCN(C)CC3)c3ncccc32)sc2ccc(Cl)cc12. The van der Waals surface area contributed by atoms with Crippen LogP contribution in [0.25, 0.3) is 26.7 Å². The standard InChI is InChI=1S/C22H20ClN3O2S2/c1-14-17-12-16(23)5-6-20(17)29-22(14)30(27,28)26-13-18(15-7-10-25(2)11-8-15)21-19(26)4-3-9-24-21/h3-7,9,12-13H,8,10-11H2,1-2H3. The molecule has 5 nitrogen and oxygen atoms in total. The monoisotopic (exact) mass is 457 g/mol. The molecular weight excluding hydrogens is 438 g/mol. The van der Waals surface area contributed by atoms with E-state index in [0.717, 1.165) is 51.8 Å². The average Bonchev–Trinajstić information content (AvgIpc) is 3.28. The number of hydrogen-bond donors (Lipinski definition) is 0. The van der Waals surface area contributed by atoms with Gasteiger partial charge in [0.15, 0.2) is 0 Å². The predicted octanol–water partition coefficient (Wildman–Crippen LogP) is 5.17. The minimum atomic E-state index is -3.79. The number of likely N-dealkylation sites (N-methyl/N-ethyl adjacent to an activating group) is 1. The third-order valence-corrected chi connectivity index (χ3v) is 9.41. The Morgan fingerprint density at radius 2 is 2.07 bits per heavy atom. The predicted molar refractivity (Wildman–Crippen MR) is 124 cm³/mol. The number of thiophene rings is 1. The van der Waals surface area contributed by atoms with Crippen molar-refractivity contribution >= 4 is 59.7 Å². The van der Waals surface area contributed by atoms with Gasteiger partial charge in [0, 0.05) is 40.8 Å². The van der Waals surface area contributed by atoms with E-state index in [1.54, 1.807) is 24.5 Å². The zero-order chi connectivity index (χ0) is 21.0. The maximum absolute atomic E-state index is 13.8. The van der Waals surface area contributed by atoms with E-state index in [1.165, 1.54) is 15.3 Å². The molecule has 3 aromatic heterocycles. The Kier molecular flexibility index (Phi) is 4.74. The lowest BCUT2D eigenvalue weighted by Crippen LogP contribution is -2.23. The van der Waals surface area contributed by atoms with E-state index in [-0.39, 0.29) is 0 Å². The fourth-order valence-electron chi connectivity index (χ4n) is 3.99. The molecule has 1 aromatic carbocycles. The Labute approximate surface area is 184 Å². The number of aromatic nitrogens is 2. The Bertz CT molecular complexity index is 1430. The van der Waals surface area contributed by atoms with Crippen LogP contribution in [0, 0.1) is 6.92 Å². The van der Waals surface area contributed by atoms with Crippen molar-refractivity contribution in [3.63, 3.8) is 0 Å². The van der Waals surface area contributed by atoms with Crippen molar-refractivity contribution in [2.75, 3.05) is 20.1 Å². The molecule has 30 heavy (non-hydrogen) atoms. The molecule has 0 spiro atoms. The number of pyridine rings is 1. The molecule has 0 N–H and O–H groups in total. The summed E-state index contributed by atoms with van der Waals surface area (Å²) in [5.41, 5.74) is 4.08. The molecule has 0 unspecified atom stereocenters. The van der Waals surface area contributed by atoms with Gasteiger partial charge in [-0.05, 0) is 67.2 Å². The number of benzene rings is 1. The first-order valence-electron chi connectivity index (χ1n) is 9.64. The van der Waals surface area contributed by atoms with Gasteiger partial charge in [0.1, 0.15) is 4.21 Å². The molecule has 0 saturated carbocycles. The summed E-state index contributed by atoms with van der Waals surface area (Å²) < 4.78 is 30.1. The zero-order valence-electron chi connectivity index (χ0n) is 16.6. The van der Waals surface area contributed by atoms with Gasteiger partial charge >= 0.3 is 0 Å². The molecule has 0 saturated heterocycles. The van der Waals surface area contributed by atoms with Gasteiger partial charge in [-0.25, -0.2) is 3.97 Å². The van der Waals surface area contributed by atoms with Crippen molar-refractivity contribution in [3.8, 4) is 0 Å². The number of halogens is 1. The highest BCUT2D eigenvalue weighted by Gasteiger charge is 2.27. The molecule has 8 heteroatoms. The first-order valence-corrected chi connectivity index (χ1v) is 12.3. The summed E-state index contributed by atoms with van der Waals surface area (Å²) in [4.78, 5) is 6.76. The van der Waals surface area contributed by atoms with E-state index >= 15 is 0 Å². The van der Waals surface area contributed by atoms with E-state index in [2.05, 4.69) is 23.0 Å². The summed E-state index contributed by atoms with van der Waals surface area (Å²) >= 11 is 7.42. The highest BCUT2D eigenvalue weighted by atomic mass is 35.5. The summed E-state index contributed by atoms with van der Waals surface area (Å²) in [6, 6.07) is 9.08. The van der Waals surface area contributed by atoms with E-state index in [4.69, 9.17) is 11.6 Å². The van der Waals surface area contributed by atoms with Crippen LogP contribution in [-0.4, -0.2) is 42.4 Å². The fourth-order valence-corrected chi connectivity index (χ4v) is 7.34. The number of fused-ring (bicyclic) bond motifs is 2. The van der Waals surface area contributed by atoms with Crippen LogP contribution in [0.3, 0.4) is 0 Å². The largest absolute Gasteiger partial charge is 0.302 e. The summed E-state index contributed by atoms with van der Waals surface area (Å²) in [6.07, 6.45) is 6.48. The Hall–Kier alpha value is -2.19. The fraction of sp³-hybridized carbons (Fsp3) is 0.227. The van der Waals surface area contributed by atoms with Crippen molar-refractivity contribution in [1.29, 1.82) is 0 Å². The van der Waals surface area contributed by atoms with Gasteiger partial charge in [-0.3, -0.25) is 4.98 Å². The first-order chi connectivity index (χ1) is 14.4. The summed E-state index contributed by atoms with van der Waals surface area (Å²) in [7, 11) is -1.71. The van der Waals surface area contributed by atoms with Crippen molar-refractivity contribution in [2.45, 2.75) is 17.6 Å². The molecular formula is C22H20ClN3O2S2. The molecule has 154 valence electrons. The third kappa shape index (κ3) is 3.08. The normalized spacial score (nSPS) is 15.8. The van der Waals surface area contributed by atoms with E-state index in [0.29, 0.717) is 14.7 Å². The summed E-state index contributed by atoms with van der Waals surface area (Å²) in [5, 5.41) is 1.47. The second kappa shape index (κ2) is 7.20. The van der Waals surface area contributed by atoms with Crippen molar-refractivity contribution in [2.24, 2.45) is 0 Å². The van der Waals surface area contributed by atoms with Crippen LogP contribution in [0.2, 0.25) is 5.02 Å². The van der Waals surface area contributed by atoms with Crippen LogP contribution in [-0.2, 0) is 10.0 Å². The van der Waals surface area contributed by atoms with Gasteiger partial charge in [-0.2, -0.15) is 8.42 Å². The van der Waals surface area contributed by atoms with Crippen molar-refractivity contribution in [3.05, 3.63) is 65.0 Å². The van der Waals surface area contributed by atoms with Crippen LogP contribution in [0.4, 0.5) is 0 Å². The van der Waals surface area contributed by atoms with Gasteiger partial charge in [0.25, 0.3) is 10.0 Å². The van der Waals surface area contributed by atoms with Gasteiger partial charge in [0.05, 0.1) is 11.0 Å².